The van der Waals surface area contributed by atoms with E-state index in [-0.39, 0.29) is 18.0 Å². The fraction of sp³-hybridized carbons (Fsp3) is 0.167. The first-order valence-corrected chi connectivity index (χ1v) is 7.68. The molecule has 1 aromatic heterocycles. The number of halogens is 3. The minimum absolute atomic E-state index is 0.0291. The van der Waals surface area contributed by atoms with Gasteiger partial charge in [0.15, 0.2) is 0 Å². The topological polar surface area (TPSA) is 68.0 Å². The molecule has 0 aliphatic heterocycles. The Bertz CT molecular complexity index is 901. The second-order valence-corrected chi connectivity index (χ2v) is 5.62. The van der Waals surface area contributed by atoms with Crippen LogP contribution in [0, 0.1) is 6.92 Å². The molecule has 0 fully saturated rings. The summed E-state index contributed by atoms with van der Waals surface area (Å²) in [5.74, 6) is -0.0153. The lowest BCUT2D eigenvalue weighted by atomic mass is 10.1. The van der Waals surface area contributed by atoms with Gasteiger partial charge in [-0.25, -0.2) is 0 Å². The maximum Gasteiger partial charge on any atom is 0.416 e. The van der Waals surface area contributed by atoms with Gasteiger partial charge in [0.1, 0.15) is 0 Å². The van der Waals surface area contributed by atoms with E-state index in [4.69, 9.17) is 4.42 Å². The predicted octanol–water partition coefficient (Wildman–Crippen LogP) is 3.99. The average Bonchev–Trinajstić information content (AvgIpc) is 3.08. The number of alkyl halides is 3. The van der Waals surface area contributed by atoms with E-state index in [1.165, 1.54) is 0 Å². The Labute approximate surface area is 146 Å². The van der Waals surface area contributed by atoms with Gasteiger partial charge in [-0.1, -0.05) is 17.7 Å². The SMILES string of the molecule is Cc1ccc(-c2nnc(CNC(=O)c3ccc(C(F)(F)F)cc3)o2)cc1. The van der Waals surface area contributed by atoms with E-state index in [0.717, 1.165) is 35.4 Å². The van der Waals surface area contributed by atoms with E-state index in [2.05, 4.69) is 15.5 Å². The standard InChI is InChI=1S/C18H14F3N3O2/c1-11-2-4-13(5-3-11)17-24-23-15(26-17)10-22-16(25)12-6-8-14(9-7-12)18(19,20)21/h2-9H,10H2,1H3,(H,22,25). The van der Waals surface area contributed by atoms with Crippen LogP contribution in [0.1, 0.15) is 27.4 Å². The first-order valence-electron chi connectivity index (χ1n) is 7.68. The fourth-order valence-corrected chi connectivity index (χ4v) is 2.21. The van der Waals surface area contributed by atoms with Gasteiger partial charge in [-0.3, -0.25) is 4.79 Å². The normalized spacial score (nSPS) is 11.4. The summed E-state index contributed by atoms with van der Waals surface area (Å²) >= 11 is 0. The molecule has 3 rings (SSSR count). The number of benzene rings is 2. The van der Waals surface area contributed by atoms with Crippen LogP contribution in [-0.2, 0) is 12.7 Å². The van der Waals surface area contributed by atoms with Crippen molar-refractivity contribution in [3.63, 3.8) is 0 Å². The zero-order valence-electron chi connectivity index (χ0n) is 13.7. The van der Waals surface area contributed by atoms with Gasteiger partial charge < -0.3 is 9.73 Å². The molecule has 0 atom stereocenters. The Morgan fingerprint density at radius 1 is 1.04 bits per heavy atom. The first kappa shape index (κ1) is 17.7. The van der Waals surface area contributed by atoms with Crippen molar-refractivity contribution in [2.75, 3.05) is 0 Å². The molecule has 0 saturated carbocycles. The Kier molecular flexibility index (Phi) is 4.75. The molecule has 5 nitrogen and oxygen atoms in total. The first-order chi connectivity index (χ1) is 12.3. The van der Waals surface area contributed by atoms with E-state index in [9.17, 15) is 18.0 Å². The van der Waals surface area contributed by atoms with Crippen LogP contribution in [0.3, 0.4) is 0 Å². The quantitative estimate of drug-likeness (QED) is 0.763. The summed E-state index contributed by atoms with van der Waals surface area (Å²) in [7, 11) is 0. The molecule has 2 aromatic carbocycles. The van der Waals surface area contributed by atoms with E-state index < -0.39 is 17.6 Å². The van der Waals surface area contributed by atoms with Gasteiger partial charge in [0.05, 0.1) is 12.1 Å². The number of nitrogens with zero attached hydrogens (tertiary/aromatic N) is 2. The highest BCUT2D eigenvalue weighted by Crippen LogP contribution is 2.29. The van der Waals surface area contributed by atoms with Gasteiger partial charge in [-0.05, 0) is 43.3 Å². The average molecular weight is 361 g/mol. The lowest BCUT2D eigenvalue weighted by molar-refractivity contribution is -0.137. The Hall–Kier alpha value is -3.16. The molecule has 0 spiro atoms. The molecule has 0 unspecified atom stereocenters. The molecule has 26 heavy (non-hydrogen) atoms. The smallest absolute Gasteiger partial charge is 0.416 e. The van der Waals surface area contributed by atoms with E-state index in [1.807, 2.05) is 31.2 Å². The van der Waals surface area contributed by atoms with Crippen LogP contribution < -0.4 is 5.32 Å². The zero-order valence-corrected chi connectivity index (χ0v) is 13.7. The van der Waals surface area contributed by atoms with Gasteiger partial charge in [-0.2, -0.15) is 13.2 Å². The van der Waals surface area contributed by atoms with E-state index in [0.29, 0.717) is 5.89 Å². The summed E-state index contributed by atoms with van der Waals surface area (Å²) in [5.41, 5.74) is 1.14. The second kappa shape index (κ2) is 6.99. The molecule has 0 bridgehead atoms. The summed E-state index contributed by atoms with van der Waals surface area (Å²) in [6.07, 6.45) is -4.44. The maximum absolute atomic E-state index is 12.5. The zero-order chi connectivity index (χ0) is 18.7. The van der Waals surface area contributed by atoms with E-state index in [1.54, 1.807) is 0 Å². The van der Waals surface area contributed by atoms with Crippen molar-refractivity contribution >= 4 is 5.91 Å². The van der Waals surface area contributed by atoms with Gasteiger partial charge in [-0.15, -0.1) is 10.2 Å². The number of hydrogen-bond acceptors (Lipinski definition) is 4. The second-order valence-electron chi connectivity index (χ2n) is 5.62. The fourth-order valence-electron chi connectivity index (χ4n) is 2.21. The van der Waals surface area contributed by atoms with Gasteiger partial charge >= 0.3 is 6.18 Å². The number of hydrogen-bond donors (Lipinski definition) is 1. The number of aryl methyl sites for hydroxylation is 1. The molecular weight excluding hydrogens is 347 g/mol. The van der Waals surface area contributed by atoms with E-state index >= 15 is 0 Å². The lowest BCUT2D eigenvalue weighted by Gasteiger charge is -2.07. The summed E-state index contributed by atoms with van der Waals surface area (Å²) in [4.78, 5) is 12.0. The van der Waals surface area contributed by atoms with Crippen molar-refractivity contribution in [2.45, 2.75) is 19.6 Å². The van der Waals surface area contributed by atoms with Crippen molar-refractivity contribution in [3.05, 3.63) is 71.1 Å². The van der Waals surface area contributed by atoms with Crippen LogP contribution in [0.15, 0.2) is 52.9 Å². The Morgan fingerprint density at radius 2 is 1.69 bits per heavy atom. The van der Waals surface area contributed by atoms with Crippen molar-refractivity contribution < 1.29 is 22.4 Å². The largest absolute Gasteiger partial charge is 0.419 e. The highest BCUT2D eigenvalue weighted by molar-refractivity contribution is 5.94. The highest BCUT2D eigenvalue weighted by Gasteiger charge is 2.30. The Morgan fingerprint density at radius 3 is 2.31 bits per heavy atom. The maximum atomic E-state index is 12.5. The predicted molar refractivity (Wildman–Crippen MR) is 87.1 cm³/mol. The van der Waals surface area contributed by atoms with Crippen LogP contribution in [0.5, 0.6) is 0 Å². The monoisotopic (exact) mass is 361 g/mol. The number of amides is 1. The molecular formula is C18H14F3N3O2. The number of carbonyl (C=O) groups is 1. The lowest BCUT2D eigenvalue weighted by Crippen LogP contribution is -2.23. The highest BCUT2D eigenvalue weighted by atomic mass is 19.4. The summed E-state index contributed by atoms with van der Waals surface area (Å²) in [6, 6.07) is 11.4. The minimum Gasteiger partial charge on any atom is -0.419 e. The molecule has 1 heterocycles. The Balaban J connectivity index is 1.62. The van der Waals surface area contributed by atoms with Gasteiger partial charge in [0.25, 0.3) is 5.91 Å². The van der Waals surface area contributed by atoms with Crippen LogP contribution in [-0.4, -0.2) is 16.1 Å². The molecule has 0 radical (unpaired) electrons. The van der Waals surface area contributed by atoms with Gasteiger partial charge in [0, 0.05) is 11.1 Å². The third-order valence-corrected chi connectivity index (χ3v) is 3.64. The molecule has 1 amide bonds. The number of rotatable bonds is 4. The number of aromatic nitrogens is 2. The minimum atomic E-state index is -4.44. The van der Waals surface area contributed by atoms with Crippen molar-refractivity contribution in [1.29, 1.82) is 0 Å². The van der Waals surface area contributed by atoms with Crippen molar-refractivity contribution in [1.82, 2.24) is 15.5 Å². The van der Waals surface area contributed by atoms with Crippen LogP contribution in [0.2, 0.25) is 0 Å². The molecule has 3 aromatic rings. The van der Waals surface area contributed by atoms with Crippen LogP contribution in [0.4, 0.5) is 13.2 Å². The third-order valence-electron chi connectivity index (χ3n) is 3.64. The molecule has 0 aliphatic rings. The van der Waals surface area contributed by atoms with Crippen molar-refractivity contribution in [3.8, 4) is 11.5 Å². The van der Waals surface area contributed by atoms with Crippen molar-refractivity contribution in [2.24, 2.45) is 0 Å². The molecule has 8 heteroatoms. The molecule has 0 aliphatic carbocycles. The molecule has 1 N–H and O–H groups in total. The summed E-state index contributed by atoms with van der Waals surface area (Å²) < 4.78 is 43.1. The third kappa shape index (κ3) is 4.08. The summed E-state index contributed by atoms with van der Waals surface area (Å²) in [5, 5.41) is 10.3. The molecule has 134 valence electrons. The number of nitrogens with one attached hydrogen (secondary N) is 1. The summed E-state index contributed by atoms with van der Waals surface area (Å²) in [6.45, 7) is 1.93. The van der Waals surface area contributed by atoms with Crippen LogP contribution >= 0.6 is 0 Å². The molecule has 0 saturated heterocycles. The number of carbonyl (C=O) groups excluding carboxylic acids is 1. The van der Waals surface area contributed by atoms with Crippen LogP contribution in [0.25, 0.3) is 11.5 Å². The van der Waals surface area contributed by atoms with Gasteiger partial charge in [0.2, 0.25) is 11.8 Å².